The van der Waals surface area contributed by atoms with Gasteiger partial charge in [0.2, 0.25) is 5.91 Å². The van der Waals surface area contributed by atoms with E-state index in [4.69, 9.17) is 5.73 Å². The molecule has 0 bridgehead atoms. The number of nitro groups is 1. The predicted molar refractivity (Wildman–Crippen MR) is 70.3 cm³/mol. The topological polar surface area (TPSA) is 89.5 Å². The minimum atomic E-state index is -0.515. The summed E-state index contributed by atoms with van der Waals surface area (Å²) >= 11 is 0. The van der Waals surface area contributed by atoms with Crippen molar-refractivity contribution >= 4 is 11.6 Å². The lowest BCUT2D eigenvalue weighted by Gasteiger charge is -2.24. The Hall–Kier alpha value is -1.95. The van der Waals surface area contributed by atoms with Gasteiger partial charge in [0.1, 0.15) is 0 Å². The Morgan fingerprint density at radius 1 is 1.47 bits per heavy atom. The molecule has 0 heterocycles. The van der Waals surface area contributed by atoms with Gasteiger partial charge in [0.15, 0.2) is 0 Å². The van der Waals surface area contributed by atoms with Crippen molar-refractivity contribution < 1.29 is 9.72 Å². The SMILES string of the molecule is CC(N)C(=O)N(Cc1ccc([N+](=O)[O-])cc1)C1CC1. The van der Waals surface area contributed by atoms with E-state index < -0.39 is 11.0 Å². The van der Waals surface area contributed by atoms with E-state index in [2.05, 4.69) is 0 Å². The highest BCUT2D eigenvalue weighted by Gasteiger charge is 2.33. The molecule has 1 aliphatic carbocycles. The Morgan fingerprint density at radius 2 is 2.05 bits per heavy atom. The van der Waals surface area contributed by atoms with Crippen molar-refractivity contribution in [3.63, 3.8) is 0 Å². The second-order valence-electron chi connectivity index (χ2n) is 4.91. The molecular formula is C13H17N3O3. The number of carbonyl (C=O) groups is 1. The van der Waals surface area contributed by atoms with Crippen LogP contribution in [0.4, 0.5) is 5.69 Å². The van der Waals surface area contributed by atoms with Gasteiger partial charge in [-0.15, -0.1) is 0 Å². The smallest absolute Gasteiger partial charge is 0.269 e. The fourth-order valence-corrected chi connectivity index (χ4v) is 1.95. The standard InChI is InChI=1S/C13H17N3O3/c1-9(14)13(17)15(11-6-7-11)8-10-2-4-12(5-3-10)16(18)19/h2-5,9,11H,6-8,14H2,1H3. The first-order valence-corrected chi connectivity index (χ1v) is 6.28. The Morgan fingerprint density at radius 3 is 2.47 bits per heavy atom. The number of rotatable bonds is 5. The second-order valence-corrected chi connectivity index (χ2v) is 4.91. The van der Waals surface area contributed by atoms with E-state index in [9.17, 15) is 14.9 Å². The summed E-state index contributed by atoms with van der Waals surface area (Å²) in [5, 5.41) is 10.6. The van der Waals surface area contributed by atoms with Gasteiger partial charge in [-0.2, -0.15) is 0 Å². The van der Waals surface area contributed by atoms with Crippen molar-refractivity contribution in [2.24, 2.45) is 5.73 Å². The fourth-order valence-electron chi connectivity index (χ4n) is 1.95. The largest absolute Gasteiger partial charge is 0.334 e. The monoisotopic (exact) mass is 263 g/mol. The molecule has 0 aromatic heterocycles. The third kappa shape index (κ3) is 3.29. The summed E-state index contributed by atoms with van der Waals surface area (Å²) in [7, 11) is 0. The first kappa shape index (κ1) is 13.5. The van der Waals surface area contributed by atoms with Crippen molar-refractivity contribution in [2.75, 3.05) is 0 Å². The van der Waals surface area contributed by atoms with Crippen LogP contribution in [0.2, 0.25) is 0 Å². The molecule has 102 valence electrons. The number of hydrogen-bond acceptors (Lipinski definition) is 4. The molecule has 0 aliphatic heterocycles. The summed E-state index contributed by atoms with van der Waals surface area (Å²) in [6.45, 7) is 2.14. The van der Waals surface area contributed by atoms with Gasteiger partial charge in [-0.1, -0.05) is 12.1 Å². The zero-order valence-corrected chi connectivity index (χ0v) is 10.8. The molecular weight excluding hydrogens is 246 g/mol. The molecule has 1 atom stereocenters. The molecule has 6 heteroatoms. The third-order valence-electron chi connectivity index (χ3n) is 3.16. The van der Waals surface area contributed by atoms with Crippen LogP contribution in [-0.4, -0.2) is 27.8 Å². The lowest BCUT2D eigenvalue weighted by atomic mass is 10.1. The number of nitrogens with two attached hydrogens (primary N) is 1. The Balaban J connectivity index is 2.09. The minimum Gasteiger partial charge on any atom is -0.334 e. The van der Waals surface area contributed by atoms with Gasteiger partial charge in [-0.3, -0.25) is 14.9 Å². The minimum absolute atomic E-state index is 0.0558. The summed E-state index contributed by atoms with van der Waals surface area (Å²) in [6, 6.07) is 6.03. The number of non-ortho nitro benzene ring substituents is 1. The van der Waals surface area contributed by atoms with Gasteiger partial charge in [0, 0.05) is 24.7 Å². The number of hydrogen-bond donors (Lipinski definition) is 1. The Bertz CT molecular complexity index is 480. The molecule has 1 fully saturated rings. The summed E-state index contributed by atoms with van der Waals surface area (Å²) in [4.78, 5) is 23.9. The molecule has 0 radical (unpaired) electrons. The maximum Gasteiger partial charge on any atom is 0.269 e. The molecule has 0 spiro atoms. The number of nitro benzene ring substituents is 1. The van der Waals surface area contributed by atoms with Gasteiger partial charge < -0.3 is 10.6 Å². The highest BCUT2D eigenvalue weighted by molar-refractivity contribution is 5.81. The van der Waals surface area contributed by atoms with Crippen molar-refractivity contribution in [1.82, 2.24) is 4.90 Å². The van der Waals surface area contributed by atoms with Crippen molar-refractivity contribution in [3.05, 3.63) is 39.9 Å². The normalized spacial score (nSPS) is 15.9. The molecule has 6 nitrogen and oxygen atoms in total. The number of amides is 1. The molecule has 1 unspecified atom stereocenters. The van der Waals surface area contributed by atoms with Crippen LogP contribution in [0.25, 0.3) is 0 Å². The quantitative estimate of drug-likeness (QED) is 0.642. The van der Waals surface area contributed by atoms with Crippen molar-refractivity contribution in [2.45, 2.75) is 38.4 Å². The highest BCUT2D eigenvalue weighted by atomic mass is 16.6. The molecule has 1 saturated carbocycles. The van der Waals surface area contributed by atoms with Crippen LogP contribution in [0.3, 0.4) is 0 Å². The lowest BCUT2D eigenvalue weighted by molar-refractivity contribution is -0.384. The number of nitrogens with zero attached hydrogens (tertiary/aromatic N) is 2. The van der Waals surface area contributed by atoms with E-state index in [-0.39, 0.29) is 17.6 Å². The average Bonchev–Trinajstić information content (AvgIpc) is 3.19. The number of carbonyl (C=O) groups excluding carboxylic acids is 1. The van der Waals surface area contributed by atoms with Crippen LogP contribution in [-0.2, 0) is 11.3 Å². The van der Waals surface area contributed by atoms with E-state index in [1.54, 1.807) is 24.0 Å². The second kappa shape index (κ2) is 5.36. The maximum absolute atomic E-state index is 12.0. The van der Waals surface area contributed by atoms with Crippen molar-refractivity contribution in [1.29, 1.82) is 0 Å². The summed E-state index contributed by atoms with van der Waals surface area (Å²) in [5.41, 5.74) is 6.58. The average molecular weight is 263 g/mol. The predicted octanol–water partition coefficient (Wildman–Crippen LogP) is 1.43. The van der Waals surface area contributed by atoms with E-state index in [1.165, 1.54) is 12.1 Å². The van der Waals surface area contributed by atoms with E-state index in [0.717, 1.165) is 18.4 Å². The molecule has 19 heavy (non-hydrogen) atoms. The molecule has 1 aliphatic rings. The van der Waals surface area contributed by atoms with Crippen LogP contribution in [0.1, 0.15) is 25.3 Å². The first-order chi connectivity index (χ1) is 8.99. The lowest BCUT2D eigenvalue weighted by Crippen LogP contribution is -2.42. The zero-order valence-electron chi connectivity index (χ0n) is 10.8. The molecule has 0 saturated heterocycles. The molecule has 1 amide bonds. The van der Waals surface area contributed by atoms with Crippen LogP contribution in [0, 0.1) is 10.1 Å². The zero-order chi connectivity index (χ0) is 14.0. The fraction of sp³-hybridized carbons (Fsp3) is 0.462. The molecule has 1 aromatic carbocycles. The Labute approximate surface area is 111 Å². The summed E-state index contributed by atoms with van der Waals surface area (Å²) in [6.07, 6.45) is 2.01. The van der Waals surface area contributed by atoms with Crippen molar-refractivity contribution in [3.8, 4) is 0 Å². The summed E-state index contributed by atoms with van der Waals surface area (Å²) < 4.78 is 0. The van der Waals surface area contributed by atoms with Crippen LogP contribution in [0.5, 0.6) is 0 Å². The van der Waals surface area contributed by atoms with E-state index in [1.807, 2.05) is 0 Å². The van der Waals surface area contributed by atoms with Gasteiger partial charge in [-0.25, -0.2) is 0 Å². The van der Waals surface area contributed by atoms with Gasteiger partial charge in [-0.05, 0) is 25.3 Å². The summed E-state index contributed by atoms with van der Waals surface area (Å²) in [5.74, 6) is -0.0687. The Kier molecular flexibility index (Phi) is 3.80. The molecule has 2 N–H and O–H groups in total. The van der Waals surface area contributed by atoms with Gasteiger partial charge in [0.05, 0.1) is 11.0 Å². The van der Waals surface area contributed by atoms with Gasteiger partial charge >= 0.3 is 0 Å². The van der Waals surface area contributed by atoms with Gasteiger partial charge in [0.25, 0.3) is 5.69 Å². The highest BCUT2D eigenvalue weighted by Crippen LogP contribution is 2.29. The molecule has 2 rings (SSSR count). The van der Waals surface area contributed by atoms with E-state index >= 15 is 0 Å². The maximum atomic E-state index is 12.0. The van der Waals surface area contributed by atoms with Crippen LogP contribution >= 0.6 is 0 Å². The first-order valence-electron chi connectivity index (χ1n) is 6.28. The number of benzene rings is 1. The van der Waals surface area contributed by atoms with Crippen LogP contribution in [0.15, 0.2) is 24.3 Å². The van der Waals surface area contributed by atoms with E-state index in [0.29, 0.717) is 6.54 Å². The third-order valence-corrected chi connectivity index (χ3v) is 3.16. The van der Waals surface area contributed by atoms with Crippen LogP contribution < -0.4 is 5.73 Å². The molecule has 1 aromatic rings.